The Morgan fingerprint density at radius 1 is 1.22 bits per heavy atom. The van der Waals surface area contributed by atoms with Crippen molar-refractivity contribution in [1.82, 2.24) is 0 Å². The van der Waals surface area contributed by atoms with Crippen molar-refractivity contribution >= 4 is 11.6 Å². The van der Waals surface area contributed by atoms with Crippen LogP contribution in [0.3, 0.4) is 0 Å². The third-order valence-electron chi connectivity index (χ3n) is 5.59. The molecular formula is C19H26ClN2O+. The average Bonchev–Trinajstić information content (AvgIpc) is 2.44. The molecule has 0 aliphatic heterocycles. The molecule has 2 aliphatic rings. The fourth-order valence-corrected chi connectivity index (χ4v) is 4.14. The van der Waals surface area contributed by atoms with Crippen molar-refractivity contribution in [3.05, 3.63) is 33.6 Å². The summed E-state index contributed by atoms with van der Waals surface area (Å²) in [5.74, 6) is 0.780. The van der Waals surface area contributed by atoms with Crippen molar-refractivity contribution in [3.63, 3.8) is 0 Å². The van der Waals surface area contributed by atoms with Gasteiger partial charge >= 0.3 is 6.07 Å². The SMILES string of the molecule is CC1(C)[C@H](N)C(C)(C)[C@H]1Oc1ccc(C#[N+]C2CCC2)c(Cl)c1. The van der Waals surface area contributed by atoms with E-state index in [0.29, 0.717) is 11.1 Å². The molecule has 0 bridgehead atoms. The molecule has 4 heteroatoms. The van der Waals surface area contributed by atoms with Crippen LogP contribution in [0.5, 0.6) is 5.75 Å². The summed E-state index contributed by atoms with van der Waals surface area (Å²) in [5, 5.41) is 0.629. The topological polar surface area (TPSA) is 39.6 Å². The summed E-state index contributed by atoms with van der Waals surface area (Å²) < 4.78 is 6.22. The highest BCUT2D eigenvalue weighted by Crippen LogP contribution is 2.54. The molecule has 2 saturated carbocycles. The maximum absolute atomic E-state index is 6.36. The van der Waals surface area contributed by atoms with Crippen LogP contribution in [0.4, 0.5) is 0 Å². The number of ether oxygens (including phenoxy) is 1. The van der Waals surface area contributed by atoms with Crippen LogP contribution in [0.2, 0.25) is 5.02 Å². The van der Waals surface area contributed by atoms with E-state index in [1.54, 1.807) is 0 Å². The first-order chi connectivity index (χ1) is 10.7. The van der Waals surface area contributed by atoms with Gasteiger partial charge in [-0.1, -0.05) is 44.1 Å². The van der Waals surface area contributed by atoms with E-state index in [4.69, 9.17) is 22.1 Å². The van der Waals surface area contributed by atoms with Gasteiger partial charge in [0.25, 0.3) is 6.04 Å². The maximum atomic E-state index is 6.36. The van der Waals surface area contributed by atoms with Gasteiger partial charge in [-0.05, 0) is 18.6 Å². The lowest BCUT2D eigenvalue weighted by atomic mass is 9.50. The number of rotatable bonds is 2. The quantitative estimate of drug-likeness (QED) is 0.851. The van der Waals surface area contributed by atoms with E-state index in [-0.39, 0.29) is 23.0 Å². The number of hydrogen-bond acceptors (Lipinski definition) is 2. The Labute approximate surface area is 144 Å². The minimum Gasteiger partial charge on any atom is -0.489 e. The molecule has 0 amide bonds. The monoisotopic (exact) mass is 333 g/mol. The van der Waals surface area contributed by atoms with Crippen LogP contribution in [0, 0.1) is 16.9 Å². The van der Waals surface area contributed by atoms with Crippen molar-refractivity contribution in [2.24, 2.45) is 16.6 Å². The molecule has 0 saturated heterocycles. The second-order valence-corrected chi connectivity index (χ2v) is 8.49. The summed E-state index contributed by atoms with van der Waals surface area (Å²) in [5.41, 5.74) is 7.02. The van der Waals surface area contributed by atoms with E-state index in [9.17, 15) is 0 Å². The van der Waals surface area contributed by atoms with Crippen LogP contribution < -0.4 is 10.5 Å². The minimum absolute atomic E-state index is 0.0492. The molecule has 1 aromatic carbocycles. The Kier molecular flexibility index (Phi) is 4.11. The van der Waals surface area contributed by atoms with Gasteiger partial charge in [-0.25, -0.2) is 0 Å². The highest BCUT2D eigenvalue weighted by molar-refractivity contribution is 6.31. The van der Waals surface area contributed by atoms with Crippen LogP contribution in [-0.2, 0) is 0 Å². The molecule has 0 atom stereocenters. The molecule has 0 aromatic heterocycles. The van der Waals surface area contributed by atoms with Crippen molar-refractivity contribution in [1.29, 1.82) is 0 Å². The molecule has 0 radical (unpaired) electrons. The van der Waals surface area contributed by atoms with E-state index in [2.05, 4.69) is 38.6 Å². The molecule has 23 heavy (non-hydrogen) atoms. The minimum atomic E-state index is -0.0492. The lowest BCUT2D eigenvalue weighted by molar-refractivity contribution is -0.155. The predicted molar refractivity (Wildman–Crippen MR) is 95.4 cm³/mol. The van der Waals surface area contributed by atoms with Gasteiger partial charge in [0.05, 0.1) is 5.02 Å². The first-order valence-corrected chi connectivity index (χ1v) is 8.78. The maximum Gasteiger partial charge on any atom is 0.313 e. The summed E-state index contributed by atoms with van der Waals surface area (Å²) in [6, 6.07) is 9.37. The van der Waals surface area contributed by atoms with Gasteiger partial charge in [0, 0.05) is 35.8 Å². The highest BCUT2D eigenvalue weighted by atomic mass is 35.5. The van der Waals surface area contributed by atoms with E-state index in [1.807, 2.05) is 18.2 Å². The second kappa shape index (κ2) is 5.69. The van der Waals surface area contributed by atoms with E-state index < -0.39 is 0 Å². The molecule has 2 aliphatic carbocycles. The Bertz CT molecular complexity index is 652. The smallest absolute Gasteiger partial charge is 0.313 e. The van der Waals surface area contributed by atoms with Gasteiger partial charge in [0.2, 0.25) is 0 Å². The van der Waals surface area contributed by atoms with E-state index >= 15 is 0 Å². The molecular weight excluding hydrogens is 308 g/mol. The Hall–Kier alpha value is -1.24. The molecule has 124 valence electrons. The van der Waals surface area contributed by atoms with Gasteiger partial charge in [0.15, 0.2) is 0 Å². The van der Waals surface area contributed by atoms with E-state index in [1.165, 1.54) is 6.42 Å². The summed E-state index contributed by atoms with van der Waals surface area (Å²) >= 11 is 6.36. The third-order valence-corrected chi connectivity index (χ3v) is 5.90. The second-order valence-electron chi connectivity index (χ2n) is 8.09. The standard InChI is InChI=1S/C19H26ClN2O/c1-18(2)16(21)19(3,4)17(18)23-14-9-8-12(15(20)10-14)11-22-13-6-5-7-13/h8-10,13,16-17H,5-7,21H2,1-4H3/q+1/t16-,17-. The Morgan fingerprint density at radius 3 is 2.39 bits per heavy atom. The van der Waals surface area contributed by atoms with Gasteiger partial charge in [-0.15, -0.1) is 0 Å². The van der Waals surface area contributed by atoms with Crippen molar-refractivity contribution in [3.8, 4) is 11.8 Å². The van der Waals surface area contributed by atoms with Crippen LogP contribution in [0.15, 0.2) is 18.2 Å². The largest absolute Gasteiger partial charge is 0.489 e. The molecule has 1 aromatic rings. The summed E-state index contributed by atoms with van der Waals surface area (Å²) in [4.78, 5) is 4.44. The van der Waals surface area contributed by atoms with Crippen LogP contribution >= 0.6 is 11.6 Å². The highest BCUT2D eigenvalue weighted by Gasteiger charge is 2.61. The Morgan fingerprint density at radius 2 is 1.87 bits per heavy atom. The summed E-state index contributed by atoms with van der Waals surface area (Å²) in [6.07, 6.45) is 3.67. The lowest BCUT2D eigenvalue weighted by Gasteiger charge is -2.61. The van der Waals surface area contributed by atoms with Gasteiger partial charge in [-0.3, -0.25) is 0 Å². The molecule has 0 unspecified atom stereocenters. The predicted octanol–water partition coefficient (Wildman–Crippen LogP) is 4.71. The fraction of sp³-hybridized carbons (Fsp3) is 0.632. The average molecular weight is 334 g/mol. The molecule has 0 spiro atoms. The number of benzene rings is 1. The van der Waals surface area contributed by atoms with Gasteiger partial charge < -0.3 is 10.5 Å². The third kappa shape index (κ3) is 2.84. The fourth-order valence-electron chi connectivity index (χ4n) is 3.92. The van der Waals surface area contributed by atoms with Gasteiger partial charge in [0.1, 0.15) is 17.4 Å². The van der Waals surface area contributed by atoms with Crippen LogP contribution in [0.1, 0.15) is 52.5 Å². The van der Waals surface area contributed by atoms with Crippen LogP contribution in [-0.4, -0.2) is 18.2 Å². The number of hydrogen-bond donors (Lipinski definition) is 1. The molecule has 3 nitrogen and oxygen atoms in total. The number of nitrogens with two attached hydrogens (primary N) is 1. The molecule has 2 N–H and O–H groups in total. The zero-order valence-electron chi connectivity index (χ0n) is 14.4. The van der Waals surface area contributed by atoms with Gasteiger partial charge in [-0.2, -0.15) is 0 Å². The lowest BCUT2D eigenvalue weighted by Crippen LogP contribution is -2.72. The number of halogens is 1. The first kappa shape index (κ1) is 16.6. The molecule has 2 fully saturated rings. The summed E-state index contributed by atoms with van der Waals surface area (Å²) in [7, 11) is 0. The molecule has 0 heterocycles. The van der Waals surface area contributed by atoms with Crippen LogP contribution in [0.25, 0.3) is 4.85 Å². The Balaban J connectivity index is 1.74. The summed E-state index contributed by atoms with van der Waals surface area (Å²) in [6.45, 7) is 8.62. The normalized spacial score (nSPS) is 28.1. The van der Waals surface area contributed by atoms with E-state index in [0.717, 1.165) is 24.2 Å². The molecule has 3 rings (SSSR count). The van der Waals surface area contributed by atoms with Crippen molar-refractivity contribution in [2.45, 2.75) is 65.1 Å². The zero-order chi connectivity index (χ0) is 16.8. The van der Waals surface area contributed by atoms with Crippen molar-refractivity contribution in [2.75, 3.05) is 0 Å². The van der Waals surface area contributed by atoms with Crippen molar-refractivity contribution < 1.29 is 4.74 Å². The first-order valence-electron chi connectivity index (χ1n) is 8.40. The zero-order valence-corrected chi connectivity index (χ0v) is 15.2. The number of nitrogens with zero attached hydrogens (tertiary/aromatic N) is 1.